The number of rotatable bonds is 7. The molecular formula is C21H31FIN5S. The average Bonchev–Trinajstić information content (AvgIpc) is 3.23. The Kier molecular flexibility index (Phi) is 10.3. The van der Waals surface area contributed by atoms with Gasteiger partial charge in [-0.3, -0.25) is 9.88 Å². The third-order valence-corrected chi connectivity index (χ3v) is 6.13. The van der Waals surface area contributed by atoms with E-state index in [-0.39, 0.29) is 36.3 Å². The molecule has 0 radical (unpaired) electrons. The van der Waals surface area contributed by atoms with E-state index in [4.69, 9.17) is 0 Å². The van der Waals surface area contributed by atoms with E-state index in [1.165, 1.54) is 23.8 Å². The summed E-state index contributed by atoms with van der Waals surface area (Å²) in [6, 6.07) is 7.66. The highest BCUT2D eigenvalue weighted by Crippen LogP contribution is 2.29. The Morgan fingerprint density at radius 3 is 2.76 bits per heavy atom. The van der Waals surface area contributed by atoms with Crippen LogP contribution in [-0.2, 0) is 6.54 Å². The zero-order chi connectivity index (χ0) is 19.8. The van der Waals surface area contributed by atoms with E-state index in [9.17, 15) is 4.39 Å². The molecule has 1 unspecified atom stereocenters. The monoisotopic (exact) mass is 531 g/mol. The maximum atomic E-state index is 13.8. The number of thiophene rings is 1. The first-order valence-corrected chi connectivity index (χ1v) is 10.9. The number of aromatic nitrogens is 1. The summed E-state index contributed by atoms with van der Waals surface area (Å²) >= 11 is 1.80. The molecule has 2 N–H and O–H groups in total. The lowest BCUT2D eigenvalue weighted by Gasteiger charge is -2.36. The van der Waals surface area contributed by atoms with Crippen LogP contribution in [0.5, 0.6) is 0 Å². The van der Waals surface area contributed by atoms with Gasteiger partial charge in [0.05, 0.1) is 18.3 Å². The zero-order valence-corrected chi connectivity index (χ0v) is 20.3. The second-order valence-corrected chi connectivity index (χ2v) is 8.24. The Balaban J connectivity index is 0.00000300. The van der Waals surface area contributed by atoms with Crippen LogP contribution in [0, 0.1) is 11.7 Å². The first-order valence-electron chi connectivity index (χ1n) is 10.1. The number of nitrogens with zero attached hydrogens (tertiary/aromatic N) is 3. The van der Waals surface area contributed by atoms with E-state index < -0.39 is 0 Å². The molecule has 3 heterocycles. The van der Waals surface area contributed by atoms with Crippen LogP contribution in [0.1, 0.15) is 43.3 Å². The van der Waals surface area contributed by atoms with Crippen LogP contribution >= 0.6 is 35.3 Å². The van der Waals surface area contributed by atoms with Gasteiger partial charge in [0, 0.05) is 24.2 Å². The lowest BCUT2D eigenvalue weighted by Crippen LogP contribution is -2.45. The van der Waals surface area contributed by atoms with Crippen LogP contribution in [0.3, 0.4) is 0 Å². The topological polar surface area (TPSA) is 52.6 Å². The van der Waals surface area contributed by atoms with Crippen LogP contribution in [0.25, 0.3) is 0 Å². The summed E-state index contributed by atoms with van der Waals surface area (Å²) in [6.45, 7) is 8.35. The molecule has 0 amide bonds. The summed E-state index contributed by atoms with van der Waals surface area (Å²) in [7, 11) is 0. The van der Waals surface area contributed by atoms with Crippen molar-refractivity contribution >= 4 is 41.3 Å². The fourth-order valence-corrected chi connectivity index (χ4v) is 4.32. The minimum absolute atomic E-state index is 0. The molecule has 1 aliphatic rings. The lowest BCUT2D eigenvalue weighted by atomic mass is 9.97. The number of halogens is 2. The molecule has 1 atom stereocenters. The van der Waals surface area contributed by atoms with Crippen molar-refractivity contribution < 1.29 is 4.39 Å². The van der Waals surface area contributed by atoms with Gasteiger partial charge < -0.3 is 10.6 Å². The number of pyridine rings is 1. The van der Waals surface area contributed by atoms with Crippen molar-refractivity contribution in [2.75, 3.05) is 26.2 Å². The molecule has 160 valence electrons. The zero-order valence-electron chi connectivity index (χ0n) is 17.1. The first kappa shape index (κ1) is 24.0. The summed E-state index contributed by atoms with van der Waals surface area (Å²) in [4.78, 5) is 12.6. The van der Waals surface area contributed by atoms with E-state index in [0.717, 1.165) is 32.1 Å². The Bertz CT molecular complexity index is 747. The molecule has 29 heavy (non-hydrogen) atoms. The van der Waals surface area contributed by atoms with Gasteiger partial charge in [-0.25, -0.2) is 9.38 Å². The van der Waals surface area contributed by atoms with Crippen molar-refractivity contribution in [2.24, 2.45) is 10.9 Å². The van der Waals surface area contributed by atoms with Gasteiger partial charge >= 0.3 is 0 Å². The van der Waals surface area contributed by atoms with Crippen LogP contribution in [0.2, 0.25) is 0 Å². The predicted molar refractivity (Wildman–Crippen MR) is 129 cm³/mol. The number of hydrogen-bond acceptors (Lipinski definition) is 4. The highest BCUT2D eigenvalue weighted by atomic mass is 127. The molecule has 3 rings (SSSR count). The van der Waals surface area contributed by atoms with Crippen LogP contribution in [0.15, 0.2) is 40.8 Å². The van der Waals surface area contributed by atoms with Gasteiger partial charge in [0.15, 0.2) is 5.96 Å². The SMILES string of the molecule is CCNC(=NCc1ncccc1F)NCC(c1cccs1)N1CCC(C)CC1.I. The van der Waals surface area contributed by atoms with Gasteiger partial charge in [-0.15, -0.1) is 35.3 Å². The Morgan fingerprint density at radius 1 is 1.31 bits per heavy atom. The smallest absolute Gasteiger partial charge is 0.191 e. The molecule has 0 aliphatic carbocycles. The summed E-state index contributed by atoms with van der Waals surface area (Å²) < 4.78 is 13.8. The quantitative estimate of drug-likeness (QED) is 0.316. The number of aliphatic imine (C=N–C) groups is 1. The molecular weight excluding hydrogens is 500 g/mol. The Labute approximate surface area is 194 Å². The highest BCUT2D eigenvalue weighted by Gasteiger charge is 2.25. The standard InChI is InChI=1S/C21H30FN5S.HI/c1-3-23-21(25-14-18-17(22)6-4-10-24-18)26-15-19(20-7-5-13-28-20)27-11-8-16(2)9-12-27;/h4-7,10,13,16,19H,3,8-9,11-12,14-15H2,1-2H3,(H2,23,25,26);1H. The maximum absolute atomic E-state index is 13.8. The Hall–Kier alpha value is -1.26. The molecule has 1 aliphatic heterocycles. The van der Waals surface area contributed by atoms with Gasteiger partial charge in [-0.2, -0.15) is 0 Å². The van der Waals surface area contributed by atoms with E-state index in [2.05, 4.69) is 49.9 Å². The van der Waals surface area contributed by atoms with E-state index in [1.807, 2.05) is 6.92 Å². The van der Waals surface area contributed by atoms with Crippen LogP contribution in [-0.4, -0.2) is 42.0 Å². The molecule has 1 saturated heterocycles. The van der Waals surface area contributed by atoms with E-state index >= 15 is 0 Å². The molecule has 0 spiro atoms. The van der Waals surface area contributed by atoms with Crippen molar-refractivity contribution in [1.29, 1.82) is 0 Å². The largest absolute Gasteiger partial charge is 0.357 e. The molecule has 8 heteroatoms. The van der Waals surface area contributed by atoms with Crippen molar-refractivity contribution in [3.05, 3.63) is 52.2 Å². The molecule has 1 fully saturated rings. The predicted octanol–water partition coefficient (Wildman–Crippen LogP) is 4.43. The summed E-state index contributed by atoms with van der Waals surface area (Å²) in [6.07, 6.45) is 4.09. The number of piperidine rings is 1. The van der Waals surface area contributed by atoms with E-state index in [0.29, 0.717) is 17.7 Å². The first-order chi connectivity index (χ1) is 13.7. The fourth-order valence-electron chi connectivity index (χ4n) is 3.45. The van der Waals surface area contributed by atoms with Gasteiger partial charge in [0.2, 0.25) is 0 Å². The summed E-state index contributed by atoms with van der Waals surface area (Å²) in [5.41, 5.74) is 0.361. The molecule has 0 bridgehead atoms. The number of guanidine groups is 1. The van der Waals surface area contributed by atoms with Crippen molar-refractivity contribution in [1.82, 2.24) is 20.5 Å². The molecule has 0 saturated carbocycles. The minimum atomic E-state index is -0.319. The van der Waals surface area contributed by atoms with Crippen molar-refractivity contribution in [3.8, 4) is 0 Å². The molecule has 2 aromatic heterocycles. The second kappa shape index (κ2) is 12.4. The normalized spacial score (nSPS) is 16.9. The third-order valence-electron chi connectivity index (χ3n) is 5.16. The highest BCUT2D eigenvalue weighted by molar-refractivity contribution is 14.0. The summed E-state index contributed by atoms with van der Waals surface area (Å²) in [5, 5.41) is 8.85. The van der Waals surface area contributed by atoms with Crippen LogP contribution in [0.4, 0.5) is 4.39 Å². The Morgan fingerprint density at radius 2 is 2.10 bits per heavy atom. The second-order valence-electron chi connectivity index (χ2n) is 7.26. The molecule has 0 aromatic carbocycles. The van der Waals surface area contributed by atoms with E-state index in [1.54, 1.807) is 23.6 Å². The third kappa shape index (κ3) is 7.18. The van der Waals surface area contributed by atoms with Gasteiger partial charge in [-0.05, 0) is 62.4 Å². The number of likely N-dealkylation sites (tertiary alicyclic amines) is 1. The number of hydrogen-bond donors (Lipinski definition) is 2. The number of nitrogens with one attached hydrogen (secondary N) is 2. The lowest BCUT2D eigenvalue weighted by molar-refractivity contribution is 0.140. The van der Waals surface area contributed by atoms with Crippen molar-refractivity contribution in [3.63, 3.8) is 0 Å². The van der Waals surface area contributed by atoms with Gasteiger partial charge in [0.25, 0.3) is 0 Å². The molecule has 2 aromatic rings. The average molecular weight is 531 g/mol. The molecule has 5 nitrogen and oxygen atoms in total. The minimum Gasteiger partial charge on any atom is -0.357 e. The van der Waals surface area contributed by atoms with Crippen molar-refractivity contribution in [2.45, 2.75) is 39.3 Å². The van der Waals surface area contributed by atoms with Gasteiger partial charge in [0.1, 0.15) is 5.82 Å². The maximum Gasteiger partial charge on any atom is 0.191 e. The van der Waals surface area contributed by atoms with Crippen LogP contribution < -0.4 is 10.6 Å². The fraction of sp³-hybridized carbons (Fsp3) is 0.524. The van der Waals surface area contributed by atoms with Gasteiger partial charge in [-0.1, -0.05) is 13.0 Å². The summed E-state index contributed by atoms with van der Waals surface area (Å²) in [5.74, 6) is 1.18.